The lowest BCUT2D eigenvalue weighted by Gasteiger charge is -2.35. The van der Waals surface area contributed by atoms with Gasteiger partial charge in [-0.2, -0.15) is 0 Å². The van der Waals surface area contributed by atoms with Crippen LogP contribution in [0.25, 0.3) is 0 Å². The Hall–Kier alpha value is -3.55. The molecule has 0 saturated carbocycles. The van der Waals surface area contributed by atoms with E-state index >= 15 is 0 Å². The molecule has 37 heavy (non-hydrogen) atoms. The van der Waals surface area contributed by atoms with E-state index in [2.05, 4.69) is 38.4 Å². The Morgan fingerprint density at radius 1 is 1.19 bits per heavy atom. The average Bonchev–Trinajstić information content (AvgIpc) is 3.35. The molecule has 1 aromatic carbocycles. The van der Waals surface area contributed by atoms with Crippen molar-refractivity contribution in [3.05, 3.63) is 112 Å². The quantitative estimate of drug-likeness (QED) is 0.318. The molecule has 5 rings (SSSR count). The molecule has 1 atom stereocenters. The predicted molar refractivity (Wildman–Crippen MR) is 142 cm³/mol. The molecule has 3 aromatic heterocycles. The normalized spacial score (nSPS) is 14.9. The Balaban J connectivity index is 1.32. The number of oxazole rings is 1. The first-order valence-corrected chi connectivity index (χ1v) is 13.0. The fourth-order valence-electron chi connectivity index (χ4n) is 4.95. The number of aryl methyl sites for hydroxylation is 2. The van der Waals surface area contributed by atoms with Crippen LogP contribution in [0.1, 0.15) is 63.2 Å². The summed E-state index contributed by atoms with van der Waals surface area (Å²) in [5.74, 6) is 0.538. The molecule has 1 aliphatic carbocycles. The van der Waals surface area contributed by atoms with E-state index in [0.717, 1.165) is 55.9 Å². The van der Waals surface area contributed by atoms with Crippen molar-refractivity contribution in [2.75, 3.05) is 6.54 Å². The van der Waals surface area contributed by atoms with Gasteiger partial charge in [0, 0.05) is 44.6 Å². The first-order chi connectivity index (χ1) is 18.1. The summed E-state index contributed by atoms with van der Waals surface area (Å²) in [6.45, 7) is 3.92. The smallest absolute Gasteiger partial charge is 0.253 e. The van der Waals surface area contributed by atoms with Gasteiger partial charge in [0.05, 0.1) is 28.0 Å². The minimum absolute atomic E-state index is 0.217. The molecule has 0 saturated heterocycles. The summed E-state index contributed by atoms with van der Waals surface area (Å²) in [7, 11) is 0. The van der Waals surface area contributed by atoms with Crippen molar-refractivity contribution in [1.29, 1.82) is 0 Å². The number of carbonyl (C=O) groups excluding carboxylic acids is 1. The molecule has 0 bridgehead atoms. The molecule has 190 valence electrons. The molecule has 4 aromatic rings. The maximum Gasteiger partial charge on any atom is 0.253 e. The number of pyridine rings is 2. The predicted octanol–water partition coefficient (Wildman–Crippen LogP) is 5.48. The molecule has 0 radical (unpaired) electrons. The Morgan fingerprint density at radius 3 is 2.92 bits per heavy atom. The molecule has 1 N–H and O–H groups in total. The van der Waals surface area contributed by atoms with E-state index in [1.807, 2.05) is 31.3 Å². The third kappa shape index (κ3) is 6.24. The maximum atomic E-state index is 12.6. The number of hydrogen-bond acceptors (Lipinski definition) is 6. The topological polar surface area (TPSA) is 84.2 Å². The van der Waals surface area contributed by atoms with E-state index < -0.39 is 0 Å². The molecular weight excluding hydrogens is 486 g/mol. The third-order valence-electron chi connectivity index (χ3n) is 6.73. The van der Waals surface area contributed by atoms with E-state index in [0.29, 0.717) is 17.1 Å². The second-order valence-electron chi connectivity index (χ2n) is 9.42. The summed E-state index contributed by atoms with van der Waals surface area (Å²) < 4.78 is 5.63. The van der Waals surface area contributed by atoms with Gasteiger partial charge in [0.2, 0.25) is 0 Å². The van der Waals surface area contributed by atoms with Gasteiger partial charge in [-0.3, -0.25) is 19.7 Å². The van der Waals surface area contributed by atoms with Crippen LogP contribution in [0.15, 0.2) is 71.7 Å². The zero-order valence-corrected chi connectivity index (χ0v) is 21.6. The van der Waals surface area contributed by atoms with Crippen molar-refractivity contribution < 1.29 is 9.21 Å². The van der Waals surface area contributed by atoms with Gasteiger partial charge in [-0.25, -0.2) is 4.98 Å². The second kappa shape index (κ2) is 11.7. The Labute approximate surface area is 221 Å². The highest BCUT2D eigenvalue weighted by Crippen LogP contribution is 2.34. The van der Waals surface area contributed by atoms with Gasteiger partial charge < -0.3 is 9.73 Å². The summed E-state index contributed by atoms with van der Waals surface area (Å²) >= 11 is 6.12. The molecule has 1 amide bonds. The zero-order chi connectivity index (χ0) is 25.6. The highest BCUT2D eigenvalue weighted by Gasteiger charge is 2.27. The van der Waals surface area contributed by atoms with Gasteiger partial charge in [0.1, 0.15) is 6.26 Å². The number of carbonyl (C=O) groups is 1. The number of nitrogens with zero attached hydrogens (tertiary/aromatic N) is 4. The van der Waals surface area contributed by atoms with Gasteiger partial charge in [0.15, 0.2) is 5.89 Å². The third-order valence-corrected chi connectivity index (χ3v) is 7.03. The fourth-order valence-corrected chi connectivity index (χ4v) is 5.16. The van der Waals surface area contributed by atoms with Crippen LogP contribution in [0.2, 0.25) is 5.02 Å². The summed E-state index contributed by atoms with van der Waals surface area (Å²) in [6.07, 6.45) is 10.6. The van der Waals surface area contributed by atoms with Gasteiger partial charge in [-0.05, 0) is 55.0 Å². The van der Waals surface area contributed by atoms with Crippen molar-refractivity contribution in [3.63, 3.8) is 0 Å². The Morgan fingerprint density at radius 2 is 2.08 bits per heavy atom. The van der Waals surface area contributed by atoms with E-state index in [-0.39, 0.29) is 11.9 Å². The van der Waals surface area contributed by atoms with Crippen molar-refractivity contribution in [2.45, 2.75) is 51.7 Å². The Kier molecular flexibility index (Phi) is 7.92. The van der Waals surface area contributed by atoms with Crippen molar-refractivity contribution in [3.8, 4) is 0 Å². The summed E-state index contributed by atoms with van der Waals surface area (Å²) in [5, 5.41) is 3.31. The molecule has 1 aliphatic rings. The standard InChI is InChI=1S/C29H30ClN5O2/c1-20-19-37-27(34-20)11-14-35(26-9-3-7-23-8-4-12-32-28(23)26)18-22-6-2-5-21(15-22)16-33-29(36)24-10-13-31-17-25(24)30/h2,4-6,8,10,12-13,15,17,19,26H,3,7,9,11,14,16,18H2,1H3,(H,33,36). The number of amides is 1. The monoisotopic (exact) mass is 515 g/mol. The minimum Gasteiger partial charge on any atom is -0.449 e. The van der Waals surface area contributed by atoms with Gasteiger partial charge in [-0.15, -0.1) is 0 Å². The van der Waals surface area contributed by atoms with E-state index in [1.165, 1.54) is 23.0 Å². The molecule has 8 heteroatoms. The number of fused-ring (bicyclic) bond motifs is 1. The lowest BCUT2D eigenvalue weighted by atomic mass is 9.90. The molecule has 1 unspecified atom stereocenters. The number of rotatable bonds is 9. The number of nitrogens with one attached hydrogen (secondary N) is 1. The molecule has 0 fully saturated rings. The first-order valence-electron chi connectivity index (χ1n) is 12.6. The zero-order valence-electron chi connectivity index (χ0n) is 20.9. The second-order valence-corrected chi connectivity index (χ2v) is 9.82. The molecular formula is C29H30ClN5O2. The summed E-state index contributed by atoms with van der Waals surface area (Å²) in [4.78, 5) is 28.3. The highest BCUT2D eigenvalue weighted by molar-refractivity contribution is 6.33. The van der Waals surface area contributed by atoms with Gasteiger partial charge in [0.25, 0.3) is 5.91 Å². The van der Waals surface area contributed by atoms with E-state index in [1.54, 1.807) is 18.5 Å². The van der Waals surface area contributed by atoms with E-state index in [4.69, 9.17) is 21.0 Å². The van der Waals surface area contributed by atoms with Crippen LogP contribution in [-0.4, -0.2) is 32.3 Å². The van der Waals surface area contributed by atoms with Gasteiger partial charge >= 0.3 is 0 Å². The number of benzene rings is 1. The van der Waals surface area contributed by atoms with Gasteiger partial charge in [-0.1, -0.05) is 41.9 Å². The lowest BCUT2D eigenvalue weighted by molar-refractivity contribution is 0.0951. The summed E-state index contributed by atoms with van der Waals surface area (Å²) in [5.41, 5.74) is 6.04. The van der Waals surface area contributed by atoms with Crippen molar-refractivity contribution >= 4 is 17.5 Å². The molecule has 7 nitrogen and oxygen atoms in total. The van der Waals surface area contributed by atoms with Crippen LogP contribution in [0, 0.1) is 6.92 Å². The summed E-state index contributed by atoms with van der Waals surface area (Å²) in [6, 6.07) is 14.4. The lowest BCUT2D eigenvalue weighted by Crippen LogP contribution is -2.33. The highest BCUT2D eigenvalue weighted by atomic mass is 35.5. The largest absolute Gasteiger partial charge is 0.449 e. The molecule has 0 spiro atoms. The Bertz CT molecular complexity index is 1370. The van der Waals surface area contributed by atoms with Crippen LogP contribution in [0.4, 0.5) is 0 Å². The van der Waals surface area contributed by atoms with Crippen molar-refractivity contribution in [2.24, 2.45) is 0 Å². The van der Waals surface area contributed by atoms with Crippen LogP contribution in [-0.2, 0) is 25.9 Å². The van der Waals surface area contributed by atoms with E-state index in [9.17, 15) is 4.79 Å². The molecule has 0 aliphatic heterocycles. The van der Waals surface area contributed by atoms with Crippen LogP contribution in [0.3, 0.4) is 0 Å². The first kappa shape index (κ1) is 25.1. The van der Waals surface area contributed by atoms with Crippen LogP contribution >= 0.6 is 11.6 Å². The number of aromatic nitrogens is 3. The van der Waals surface area contributed by atoms with Crippen LogP contribution < -0.4 is 5.32 Å². The van der Waals surface area contributed by atoms with Crippen molar-refractivity contribution in [1.82, 2.24) is 25.2 Å². The molecule has 3 heterocycles. The minimum atomic E-state index is -0.217. The maximum absolute atomic E-state index is 12.6. The fraction of sp³-hybridized carbons (Fsp3) is 0.310. The van der Waals surface area contributed by atoms with Crippen LogP contribution in [0.5, 0.6) is 0 Å². The number of halogens is 1. The SMILES string of the molecule is Cc1coc(CCN(Cc2cccc(CNC(=O)c3ccncc3Cl)c2)C2CCCc3cccnc32)n1. The number of hydrogen-bond donors (Lipinski definition) is 1. The average molecular weight is 516 g/mol.